The number of anilines is 1. The van der Waals surface area contributed by atoms with Crippen molar-refractivity contribution in [3.05, 3.63) is 18.3 Å². The maximum atomic E-state index is 12.1. The van der Waals surface area contributed by atoms with Crippen LogP contribution in [0.1, 0.15) is 19.3 Å². The Morgan fingerprint density at radius 2 is 2.15 bits per heavy atom. The van der Waals surface area contributed by atoms with Gasteiger partial charge in [-0.3, -0.25) is 0 Å². The first kappa shape index (κ1) is 13.5. The molecule has 1 aliphatic heterocycles. The molecule has 1 aliphatic carbocycles. The first-order chi connectivity index (χ1) is 9.63. The van der Waals surface area contributed by atoms with Crippen LogP contribution < -0.4 is 15.4 Å². The van der Waals surface area contributed by atoms with Crippen LogP contribution in [0.2, 0.25) is 0 Å². The molecule has 2 aliphatic rings. The largest absolute Gasteiger partial charge is 0.433 e. The Labute approximate surface area is 116 Å². The molecule has 1 saturated heterocycles. The molecular formula is C14H19F2N3O. The minimum absolute atomic E-state index is 0.0945. The number of aromatic nitrogens is 1. The zero-order chi connectivity index (χ0) is 14.1. The summed E-state index contributed by atoms with van der Waals surface area (Å²) in [7, 11) is 0. The van der Waals surface area contributed by atoms with E-state index in [1.165, 1.54) is 25.1 Å². The Morgan fingerprint density at radius 1 is 1.30 bits per heavy atom. The van der Waals surface area contributed by atoms with Gasteiger partial charge in [0.25, 0.3) is 0 Å². The molecule has 20 heavy (non-hydrogen) atoms. The maximum Gasteiger partial charge on any atom is 0.387 e. The lowest BCUT2D eigenvalue weighted by atomic mass is 9.78. The predicted octanol–water partition coefficient (Wildman–Crippen LogP) is 2.25. The van der Waals surface area contributed by atoms with Gasteiger partial charge in [-0.25, -0.2) is 4.98 Å². The summed E-state index contributed by atoms with van der Waals surface area (Å²) < 4.78 is 28.5. The Kier molecular flexibility index (Phi) is 3.74. The van der Waals surface area contributed by atoms with Crippen LogP contribution in [0.25, 0.3) is 0 Å². The van der Waals surface area contributed by atoms with Crippen molar-refractivity contribution in [2.75, 3.05) is 18.0 Å². The highest BCUT2D eigenvalue weighted by molar-refractivity contribution is 5.42. The molecule has 0 spiro atoms. The van der Waals surface area contributed by atoms with Gasteiger partial charge in [0.1, 0.15) is 11.6 Å². The van der Waals surface area contributed by atoms with Gasteiger partial charge >= 0.3 is 6.61 Å². The van der Waals surface area contributed by atoms with E-state index in [1.54, 1.807) is 6.07 Å². The van der Waals surface area contributed by atoms with Gasteiger partial charge in [-0.05, 0) is 36.8 Å². The van der Waals surface area contributed by atoms with Crippen molar-refractivity contribution in [1.29, 1.82) is 0 Å². The molecule has 2 heterocycles. The third kappa shape index (κ3) is 2.70. The first-order valence-corrected chi connectivity index (χ1v) is 7.05. The van der Waals surface area contributed by atoms with E-state index in [9.17, 15) is 8.78 Å². The highest BCUT2D eigenvalue weighted by Gasteiger charge is 2.39. The molecule has 2 fully saturated rings. The smallest absolute Gasteiger partial charge is 0.387 e. The Balaban J connectivity index is 1.68. The zero-order valence-electron chi connectivity index (χ0n) is 11.2. The van der Waals surface area contributed by atoms with Crippen LogP contribution in [0.4, 0.5) is 14.6 Å². The van der Waals surface area contributed by atoms with E-state index >= 15 is 0 Å². The van der Waals surface area contributed by atoms with Crippen LogP contribution in [-0.4, -0.2) is 30.7 Å². The van der Waals surface area contributed by atoms with E-state index in [0.29, 0.717) is 11.8 Å². The quantitative estimate of drug-likeness (QED) is 0.924. The van der Waals surface area contributed by atoms with Crippen LogP contribution >= 0.6 is 0 Å². The third-order valence-electron chi connectivity index (χ3n) is 4.42. The molecule has 0 aromatic carbocycles. The van der Waals surface area contributed by atoms with Gasteiger partial charge in [-0.2, -0.15) is 8.78 Å². The van der Waals surface area contributed by atoms with Crippen LogP contribution in [0.5, 0.6) is 5.75 Å². The molecule has 3 atom stereocenters. The Morgan fingerprint density at radius 3 is 2.80 bits per heavy atom. The van der Waals surface area contributed by atoms with Crippen LogP contribution in [-0.2, 0) is 0 Å². The molecule has 1 saturated carbocycles. The fraction of sp³-hybridized carbons (Fsp3) is 0.643. The normalized spacial score (nSPS) is 29.6. The topological polar surface area (TPSA) is 51.4 Å². The number of halogens is 2. The number of pyridine rings is 1. The number of hydrogen-bond donors (Lipinski definition) is 1. The summed E-state index contributed by atoms with van der Waals surface area (Å²) >= 11 is 0. The lowest BCUT2D eigenvalue weighted by Gasteiger charge is -2.29. The molecule has 1 aromatic rings. The minimum Gasteiger partial charge on any atom is -0.433 e. The summed E-state index contributed by atoms with van der Waals surface area (Å²) in [5, 5.41) is 0. The summed E-state index contributed by atoms with van der Waals surface area (Å²) in [4.78, 5) is 6.42. The van der Waals surface area contributed by atoms with Crippen molar-refractivity contribution in [2.24, 2.45) is 17.6 Å². The number of ether oxygens (including phenoxy) is 1. The fourth-order valence-electron chi connectivity index (χ4n) is 3.44. The van der Waals surface area contributed by atoms with Crippen molar-refractivity contribution in [2.45, 2.75) is 31.9 Å². The van der Waals surface area contributed by atoms with E-state index in [1.807, 2.05) is 0 Å². The molecule has 4 nitrogen and oxygen atoms in total. The van der Waals surface area contributed by atoms with Crippen molar-refractivity contribution < 1.29 is 13.5 Å². The molecular weight excluding hydrogens is 264 g/mol. The van der Waals surface area contributed by atoms with Gasteiger partial charge in [0.2, 0.25) is 0 Å². The van der Waals surface area contributed by atoms with Crippen LogP contribution in [0, 0.1) is 11.8 Å². The highest BCUT2D eigenvalue weighted by Crippen LogP contribution is 2.37. The van der Waals surface area contributed by atoms with Crippen LogP contribution in [0.3, 0.4) is 0 Å². The van der Waals surface area contributed by atoms with Crippen molar-refractivity contribution in [3.63, 3.8) is 0 Å². The van der Waals surface area contributed by atoms with E-state index in [4.69, 9.17) is 5.73 Å². The van der Waals surface area contributed by atoms with E-state index in [0.717, 1.165) is 25.3 Å². The van der Waals surface area contributed by atoms with Gasteiger partial charge in [-0.15, -0.1) is 0 Å². The van der Waals surface area contributed by atoms with Crippen molar-refractivity contribution >= 4 is 5.82 Å². The number of fused-ring (bicyclic) bond motifs is 1. The van der Waals surface area contributed by atoms with Gasteiger partial charge in [0, 0.05) is 19.1 Å². The van der Waals surface area contributed by atoms with Crippen LogP contribution in [0.15, 0.2) is 18.3 Å². The molecule has 6 heteroatoms. The van der Waals surface area contributed by atoms with Crippen molar-refractivity contribution in [1.82, 2.24) is 4.98 Å². The average Bonchev–Trinajstić information content (AvgIpc) is 2.84. The Hall–Kier alpha value is -1.43. The standard InChI is InChI=1S/C14H19F2N3O/c15-14(16)20-10-4-5-13(18-6-10)19-7-9-2-1-3-12(17)11(9)8-19/h4-6,9,11-12,14H,1-3,7-8,17H2. The summed E-state index contributed by atoms with van der Waals surface area (Å²) in [6.45, 7) is -0.941. The second-order valence-electron chi connectivity index (χ2n) is 5.65. The lowest BCUT2D eigenvalue weighted by Crippen LogP contribution is -2.38. The SMILES string of the molecule is NC1CCCC2CN(c3ccc(OC(F)F)cn3)CC12. The van der Waals surface area contributed by atoms with Crippen molar-refractivity contribution in [3.8, 4) is 5.75 Å². The number of nitrogens with two attached hydrogens (primary N) is 1. The van der Waals surface area contributed by atoms with Gasteiger partial charge in [0.15, 0.2) is 0 Å². The fourth-order valence-corrected chi connectivity index (χ4v) is 3.44. The summed E-state index contributed by atoms with van der Waals surface area (Å²) in [5.41, 5.74) is 6.19. The Bertz CT molecular complexity index is 454. The lowest BCUT2D eigenvalue weighted by molar-refractivity contribution is -0.0500. The van der Waals surface area contributed by atoms with Gasteiger partial charge in [0.05, 0.1) is 6.20 Å². The molecule has 1 aromatic heterocycles. The molecule has 110 valence electrons. The highest BCUT2D eigenvalue weighted by atomic mass is 19.3. The van der Waals surface area contributed by atoms with E-state index in [2.05, 4.69) is 14.6 Å². The molecule has 3 unspecified atom stereocenters. The maximum absolute atomic E-state index is 12.1. The number of rotatable bonds is 3. The average molecular weight is 283 g/mol. The monoisotopic (exact) mass is 283 g/mol. The van der Waals surface area contributed by atoms with E-state index < -0.39 is 6.61 Å². The van der Waals surface area contributed by atoms with Gasteiger partial charge < -0.3 is 15.4 Å². The predicted molar refractivity (Wildman–Crippen MR) is 71.9 cm³/mol. The summed E-state index contributed by atoms with van der Waals surface area (Å²) in [6.07, 6.45) is 4.87. The second kappa shape index (κ2) is 5.52. The van der Waals surface area contributed by atoms with E-state index in [-0.39, 0.29) is 11.8 Å². The number of hydrogen-bond acceptors (Lipinski definition) is 4. The molecule has 0 amide bonds. The summed E-state index contributed by atoms with van der Waals surface area (Å²) in [6, 6.07) is 3.55. The first-order valence-electron chi connectivity index (χ1n) is 7.05. The molecule has 0 radical (unpaired) electrons. The molecule has 0 bridgehead atoms. The summed E-state index contributed by atoms with van der Waals surface area (Å²) in [5.74, 6) is 2.07. The number of alkyl halides is 2. The minimum atomic E-state index is -2.81. The molecule has 2 N–H and O–H groups in total. The third-order valence-corrected chi connectivity index (χ3v) is 4.42. The van der Waals surface area contributed by atoms with Gasteiger partial charge in [-0.1, -0.05) is 6.42 Å². The second-order valence-corrected chi connectivity index (χ2v) is 5.65. The molecule has 3 rings (SSSR count). The zero-order valence-corrected chi connectivity index (χ0v) is 11.2. The number of nitrogens with zero attached hydrogens (tertiary/aromatic N) is 2.